The van der Waals surface area contributed by atoms with Crippen LogP contribution < -0.4 is 0 Å². The molecule has 2 unspecified atom stereocenters. The van der Waals surface area contributed by atoms with Crippen molar-refractivity contribution < 1.29 is 9.53 Å². The zero-order valence-electron chi connectivity index (χ0n) is 6.54. The minimum atomic E-state index is -0.155. The van der Waals surface area contributed by atoms with Gasteiger partial charge >= 0.3 is 5.97 Å². The normalized spacial score (nSPS) is 30.7. The standard InChI is InChI=1S/C8H11NO2/c1-6-3-7(5-9-2)11-8(10)4-6/h6-7H,3-5H2,1H3. The molecular weight excluding hydrogens is 142 g/mol. The van der Waals surface area contributed by atoms with Gasteiger partial charge in [-0.2, -0.15) is 0 Å². The Hall–Kier alpha value is -1.04. The second kappa shape index (κ2) is 3.38. The molecule has 0 aromatic heterocycles. The SMILES string of the molecule is [C-]#[N+]CC1CC(C)CC(=O)O1. The van der Waals surface area contributed by atoms with Crippen molar-refractivity contribution in [3.63, 3.8) is 0 Å². The van der Waals surface area contributed by atoms with Crippen LogP contribution >= 0.6 is 0 Å². The van der Waals surface area contributed by atoms with Crippen LogP contribution in [0.4, 0.5) is 0 Å². The molecule has 0 bridgehead atoms. The van der Waals surface area contributed by atoms with Crippen molar-refractivity contribution >= 4 is 5.97 Å². The zero-order valence-corrected chi connectivity index (χ0v) is 6.54. The van der Waals surface area contributed by atoms with E-state index in [-0.39, 0.29) is 12.1 Å². The summed E-state index contributed by atoms with van der Waals surface area (Å²) in [5.41, 5.74) is 0. The molecule has 1 heterocycles. The largest absolute Gasteiger partial charge is 0.454 e. The lowest BCUT2D eigenvalue weighted by Crippen LogP contribution is -2.29. The summed E-state index contributed by atoms with van der Waals surface area (Å²) >= 11 is 0. The third-order valence-corrected chi connectivity index (χ3v) is 1.77. The highest BCUT2D eigenvalue weighted by Crippen LogP contribution is 2.20. The number of carbonyl (C=O) groups is 1. The Balaban J connectivity index is 2.44. The number of esters is 1. The van der Waals surface area contributed by atoms with Crippen molar-refractivity contribution in [2.24, 2.45) is 5.92 Å². The third kappa shape index (κ3) is 2.23. The Morgan fingerprint density at radius 3 is 3.09 bits per heavy atom. The molecule has 0 aromatic rings. The molecule has 0 spiro atoms. The van der Waals surface area contributed by atoms with Crippen LogP contribution in [0.2, 0.25) is 0 Å². The number of hydrogen-bond acceptors (Lipinski definition) is 2. The van der Waals surface area contributed by atoms with Crippen LogP contribution in [0.3, 0.4) is 0 Å². The van der Waals surface area contributed by atoms with E-state index in [1.807, 2.05) is 6.92 Å². The first-order valence-electron chi connectivity index (χ1n) is 3.75. The quantitative estimate of drug-likeness (QED) is 0.419. The first kappa shape index (κ1) is 8.06. The molecule has 0 aromatic carbocycles. The molecule has 0 aliphatic carbocycles. The Morgan fingerprint density at radius 1 is 1.82 bits per heavy atom. The first-order valence-corrected chi connectivity index (χ1v) is 3.75. The number of ether oxygens (including phenoxy) is 1. The van der Waals surface area contributed by atoms with Gasteiger partial charge in [-0.05, 0) is 12.3 Å². The van der Waals surface area contributed by atoms with E-state index in [4.69, 9.17) is 11.3 Å². The van der Waals surface area contributed by atoms with Gasteiger partial charge in [-0.25, -0.2) is 6.57 Å². The van der Waals surface area contributed by atoms with Crippen molar-refractivity contribution in [1.82, 2.24) is 0 Å². The van der Waals surface area contributed by atoms with E-state index in [2.05, 4.69) is 4.85 Å². The molecule has 0 amide bonds. The maximum Gasteiger partial charge on any atom is 0.306 e. The van der Waals surface area contributed by atoms with Gasteiger partial charge in [0.15, 0.2) is 6.10 Å². The Bertz CT molecular complexity index is 195. The highest BCUT2D eigenvalue weighted by atomic mass is 16.5. The summed E-state index contributed by atoms with van der Waals surface area (Å²) in [4.78, 5) is 14.0. The molecule has 11 heavy (non-hydrogen) atoms. The van der Waals surface area contributed by atoms with E-state index in [9.17, 15) is 4.79 Å². The highest BCUT2D eigenvalue weighted by Gasteiger charge is 2.27. The van der Waals surface area contributed by atoms with Gasteiger partial charge in [-0.3, -0.25) is 4.79 Å². The fourth-order valence-corrected chi connectivity index (χ4v) is 1.31. The van der Waals surface area contributed by atoms with Gasteiger partial charge in [-0.15, -0.1) is 0 Å². The second-order valence-corrected chi connectivity index (χ2v) is 3.00. The van der Waals surface area contributed by atoms with Gasteiger partial charge in [-0.1, -0.05) is 6.92 Å². The number of cyclic esters (lactones) is 1. The zero-order chi connectivity index (χ0) is 8.27. The van der Waals surface area contributed by atoms with Crippen LogP contribution in [-0.4, -0.2) is 18.6 Å². The lowest BCUT2D eigenvalue weighted by atomic mass is 9.97. The van der Waals surface area contributed by atoms with Crippen molar-refractivity contribution in [3.05, 3.63) is 11.4 Å². The number of rotatable bonds is 1. The van der Waals surface area contributed by atoms with Crippen LogP contribution in [-0.2, 0) is 9.53 Å². The molecule has 1 saturated heterocycles. The Kier molecular flexibility index (Phi) is 2.48. The molecule has 60 valence electrons. The fourth-order valence-electron chi connectivity index (χ4n) is 1.31. The van der Waals surface area contributed by atoms with Crippen molar-refractivity contribution in [2.45, 2.75) is 25.9 Å². The number of hydrogen-bond donors (Lipinski definition) is 0. The first-order chi connectivity index (χ1) is 5.22. The van der Waals surface area contributed by atoms with Gasteiger partial charge in [0.2, 0.25) is 0 Å². The minimum Gasteiger partial charge on any atom is -0.454 e. The molecule has 3 heteroatoms. The molecule has 3 nitrogen and oxygen atoms in total. The fraction of sp³-hybridized carbons (Fsp3) is 0.750. The summed E-state index contributed by atoms with van der Waals surface area (Å²) in [5, 5.41) is 0. The van der Waals surface area contributed by atoms with Crippen molar-refractivity contribution in [1.29, 1.82) is 0 Å². The maximum atomic E-state index is 10.8. The average Bonchev–Trinajstić information content (AvgIpc) is 1.85. The van der Waals surface area contributed by atoms with Crippen LogP contribution in [0.15, 0.2) is 0 Å². The van der Waals surface area contributed by atoms with Gasteiger partial charge < -0.3 is 9.58 Å². The van der Waals surface area contributed by atoms with Gasteiger partial charge in [0, 0.05) is 6.42 Å². The highest BCUT2D eigenvalue weighted by molar-refractivity contribution is 5.70. The lowest BCUT2D eigenvalue weighted by Gasteiger charge is -2.22. The molecule has 0 N–H and O–H groups in total. The van der Waals surface area contributed by atoms with Crippen LogP contribution in [0.25, 0.3) is 4.85 Å². The van der Waals surface area contributed by atoms with E-state index in [1.165, 1.54) is 0 Å². The minimum absolute atomic E-state index is 0.149. The third-order valence-electron chi connectivity index (χ3n) is 1.77. The molecule has 2 atom stereocenters. The maximum absolute atomic E-state index is 10.8. The summed E-state index contributed by atoms with van der Waals surface area (Å²) < 4.78 is 4.94. The second-order valence-electron chi connectivity index (χ2n) is 3.00. The average molecular weight is 153 g/mol. The lowest BCUT2D eigenvalue weighted by molar-refractivity contribution is -0.155. The summed E-state index contributed by atoms with van der Waals surface area (Å²) in [7, 11) is 0. The van der Waals surface area contributed by atoms with E-state index >= 15 is 0 Å². The van der Waals surface area contributed by atoms with E-state index < -0.39 is 0 Å². The molecule has 1 fully saturated rings. The smallest absolute Gasteiger partial charge is 0.306 e. The summed E-state index contributed by atoms with van der Waals surface area (Å²) in [6.45, 7) is 8.93. The van der Waals surface area contributed by atoms with E-state index in [0.717, 1.165) is 6.42 Å². The molecule has 0 saturated carbocycles. The van der Waals surface area contributed by atoms with E-state index in [1.54, 1.807) is 0 Å². The van der Waals surface area contributed by atoms with Gasteiger partial charge in [0.05, 0.1) is 0 Å². The predicted octanol–water partition coefficient (Wildman–Crippen LogP) is 1.25. The Morgan fingerprint density at radius 2 is 2.55 bits per heavy atom. The molecule has 0 radical (unpaired) electrons. The summed E-state index contributed by atoms with van der Waals surface area (Å²) in [5.74, 6) is 0.223. The topological polar surface area (TPSA) is 30.7 Å². The van der Waals surface area contributed by atoms with Crippen molar-refractivity contribution in [3.8, 4) is 0 Å². The van der Waals surface area contributed by atoms with Crippen LogP contribution in [0.1, 0.15) is 19.8 Å². The summed E-state index contributed by atoms with van der Waals surface area (Å²) in [6.07, 6.45) is 1.20. The molecular formula is C8H11NO2. The van der Waals surface area contributed by atoms with E-state index in [0.29, 0.717) is 18.9 Å². The molecule has 1 aliphatic heterocycles. The van der Waals surface area contributed by atoms with Crippen LogP contribution in [0.5, 0.6) is 0 Å². The van der Waals surface area contributed by atoms with Crippen molar-refractivity contribution in [2.75, 3.05) is 6.54 Å². The van der Waals surface area contributed by atoms with Gasteiger partial charge in [0.25, 0.3) is 6.54 Å². The summed E-state index contributed by atoms with van der Waals surface area (Å²) in [6, 6.07) is 0. The number of carbonyl (C=O) groups excluding carboxylic acids is 1. The van der Waals surface area contributed by atoms with Crippen LogP contribution in [0, 0.1) is 12.5 Å². The predicted molar refractivity (Wildman–Crippen MR) is 39.7 cm³/mol. The molecule has 1 aliphatic rings. The monoisotopic (exact) mass is 153 g/mol. The number of nitrogens with zero attached hydrogens (tertiary/aromatic N) is 1. The van der Waals surface area contributed by atoms with Gasteiger partial charge in [0.1, 0.15) is 0 Å². The molecule has 1 rings (SSSR count). The Labute approximate surface area is 66.2 Å².